The van der Waals surface area contributed by atoms with Crippen LogP contribution in [-0.2, 0) is 6.18 Å². The zero-order chi connectivity index (χ0) is 20.4. The maximum atomic E-state index is 13.4. The molecule has 0 N–H and O–H groups in total. The molecule has 0 radical (unpaired) electrons. The molecule has 3 aromatic rings. The maximum Gasteiger partial charge on any atom is 0.433 e. The van der Waals surface area contributed by atoms with Crippen LogP contribution in [0, 0.1) is 0 Å². The van der Waals surface area contributed by atoms with E-state index in [9.17, 15) is 18.0 Å². The molecule has 0 bridgehead atoms. The summed E-state index contributed by atoms with van der Waals surface area (Å²) in [4.78, 5) is 27.2. The largest absolute Gasteiger partial charge is 0.433 e. The molecule has 29 heavy (non-hydrogen) atoms. The van der Waals surface area contributed by atoms with Crippen LogP contribution in [0.15, 0.2) is 48.1 Å². The number of halogens is 3. The molecular formula is C20H17F3N4OS. The molecule has 0 aliphatic carbocycles. The Kier molecular flexibility index (Phi) is 5.31. The van der Waals surface area contributed by atoms with E-state index in [1.807, 2.05) is 0 Å². The summed E-state index contributed by atoms with van der Waals surface area (Å²) >= 11 is 1.32. The highest BCUT2D eigenvalue weighted by Gasteiger charge is 2.35. The monoisotopic (exact) mass is 418 g/mol. The van der Waals surface area contributed by atoms with Gasteiger partial charge in [-0.1, -0.05) is 6.07 Å². The lowest BCUT2D eigenvalue weighted by Gasteiger charge is -2.32. The minimum absolute atomic E-state index is 0.131. The van der Waals surface area contributed by atoms with E-state index in [0.717, 1.165) is 6.07 Å². The summed E-state index contributed by atoms with van der Waals surface area (Å²) in [5.74, 6) is -0.412. The highest BCUT2D eigenvalue weighted by molar-refractivity contribution is 7.13. The average Bonchev–Trinajstić information content (AvgIpc) is 3.28. The van der Waals surface area contributed by atoms with E-state index in [2.05, 4.69) is 15.0 Å². The fourth-order valence-electron chi connectivity index (χ4n) is 3.39. The minimum Gasteiger partial charge on any atom is -0.338 e. The van der Waals surface area contributed by atoms with Gasteiger partial charge in [-0.3, -0.25) is 9.78 Å². The van der Waals surface area contributed by atoms with Crippen molar-refractivity contribution in [3.63, 3.8) is 0 Å². The Morgan fingerprint density at radius 1 is 1.21 bits per heavy atom. The lowest BCUT2D eigenvalue weighted by molar-refractivity contribution is -0.141. The first kappa shape index (κ1) is 19.5. The van der Waals surface area contributed by atoms with E-state index in [4.69, 9.17) is 0 Å². The highest BCUT2D eigenvalue weighted by atomic mass is 32.1. The lowest BCUT2D eigenvalue weighted by atomic mass is 9.96. The van der Waals surface area contributed by atoms with E-state index in [1.54, 1.807) is 40.7 Å². The minimum atomic E-state index is -4.57. The number of alkyl halides is 3. The summed E-state index contributed by atoms with van der Waals surface area (Å²) in [7, 11) is 0. The third kappa shape index (κ3) is 4.29. The quantitative estimate of drug-likeness (QED) is 0.622. The van der Waals surface area contributed by atoms with E-state index in [1.165, 1.54) is 17.5 Å². The summed E-state index contributed by atoms with van der Waals surface area (Å²) < 4.78 is 40.3. The van der Waals surface area contributed by atoms with Crippen molar-refractivity contribution in [2.24, 2.45) is 0 Å². The average molecular weight is 418 g/mol. The van der Waals surface area contributed by atoms with Crippen molar-refractivity contribution in [3.8, 4) is 10.6 Å². The first-order valence-corrected chi connectivity index (χ1v) is 9.99. The summed E-state index contributed by atoms with van der Waals surface area (Å²) in [5, 5.41) is 1.79. The third-order valence-electron chi connectivity index (χ3n) is 4.79. The predicted octanol–water partition coefficient (Wildman–Crippen LogP) is 4.64. The number of hydrogen-bond donors (Lipinski definition) is 0. The number of thiophene rings is 1. The number of hydrogen-bond acceptors (Lipinski definition) is 5. The molecule has 4 rings (SSSR count). The molecule has 9 heteroatoms. The van der Waals surface area contributed by atoms with Crippen LogP contribution in [0.1, 0.15) is 40.6 Å². The van der Waals surface area contributed by atoms with Crippen molar-refractivity contribution < 1.29 is 18.0 Å². The van der Waals surface area contributed by atoms with E-state index >= 15 is 0 Å². The first-order chi connectivity index (χ1) is 13.9. The number of rotatable bonds is 3. The van der Waals surface area contributed by atoms with Gasteiger partial charge in [0.05, 0.1) is 16.1 Å². The van der Waals surface area contributed by atoms with Crippen molar-refractivity contribution in [1.82, 2.24) is 19.9 Å². The Bertz CT molecular complexity index is 993. The molecule has 1 saturated heterocycles. The third-order valence-corrected chi connectivity index (χ3v) is 5.68. The van der Waals surface area contributed by atoms with Crippen LogP contribution in [0.5, 0.6) is 0 Å². The second kappa shape index (κ2) is 7.90. The van der Waals surface area contributed by atoms with Gasteiger partial charge in [0.1, 0.15) is 11.5 Å². The fraction of sp³-hybridized carbons (Fsp3) is 0.300. The molecule has 5 nitrogen and oxygen atoms in total. The summed E-state index contributed by atoms with van der Waals surface area (Å²) in [6.07, 6.45) is -0.198. The number of nitrogens with zero attached hydrogens (tertiary/aromatic N) is 4. The van der Waals surface area contributed by atoms with Crippen LogP contribution in [0.4, 0.5) is 13.2 Å². The Hall–Kier alpha value is -2.81. The van der Waals surface area contributed by atoms with Gasteiger partial charge in [0, 0.05) is 31.4 Å². The number of carbonyl (C=O) groups excluding carboxylic acids is 1. The molecule has 1 aliphatic rings. The Morgan fingerprint density at radius 2 is 2.07 bits per heavy atom. The van der Waals surface area contributed by atoms with Gasteiger partial charge in [0.2, 0.25) is 0 Å². The zero-order valence-electron chi connectivity index (χ0n) is 15.3. The fourth-order valence-corrected chi connectivity index (χ4v) is 4.07. The van der Waals surface area contributed by atoms with Crippen LogP contribution in [0.25, 0.3) is 10.6 Å². The van der Waals surface area contributed by atoms with Crippen LogP contribution >= 0.6 is 11.3 Å². The van der Waals surface area contributed by atoms with Crippen molar-refractivity contribution in [2.75, 3.05) is 13.1 Å². The van der Waals surface area contributed by atoms with E-state index in [-0.39, 0.29) is 29.9 Å². The molecule has 1 aliphatic heterocycles. The molecule has 3 aromatic heterocycles. The lowest BCUT2D eigenvalue weighted by Crippen LogP contribution is -2.39. The Morgan fingerprint density at radius 3 is 2.76 bits per heavy atom. The molecule has 1 fully saturated rings. The molecule has 0 spiro atoms. The SMILES string of the molecule is O=C(c1cccnc1)N1CCC[C@@H](c2nc(-c3cccs3)cc(C(F)(F)F)n2)C1. The second-order valence-electron chi connectivity index (χ2n) is 6.80. The smallest absolute Gasteiger partial charge is 0.338 e. The standard InChI is InChI=1S/C20H17F3N4OS/c21-20(22,23)17-10-15(16-6-3-9-29-16)25-18(26-17)14-5-2-8-27(12-14)19(28)13-4-1-7-24-11-13/h1,3-4,6-7,9-11,14H,2,5,8,12H2/t14-/m1/s1. The van der Waals surface area contributed by atoms with Crippen molar-refractivity contribution in [3.05, 3.63) is 65.2 Å². The molecule has 1 amide bonds. The molecule has 4 heterocycles. The summed E-state index contributed by atoms with van der Waals surface area (Å²) in [6, 6.07) is 7.84. The molecule has 0 unspecified atom stereocenters. The second-order valence-corrected chi connectivity index (χ2v) is 7.75. The number of likely N-dealkylation sites (tertiary alicyclic amines) is 1. The molecule has 1 atom stereocenters. The van der Waals surface area contributed by atoms with Gasteiger partial charge in [-0.15, -0.1) is 11.3 Å². The number of aromatic nitrogens is 3. The molecule has 0 saturated carbocycles. The van der Waals surface area contributed by atoms with Crippen molar-refractivity contribution >= 4 is 17.2 Å². The van der Waals surface area contributed by atoms with Crippen molar-refractivity contribution in [1.29, 1.82) is 0 Å². The van der Waals surface area contributed by atoms with Gasteiger partial charge in [-0.05, 0) is 42.5 Å². The Balaban J connectivity index is 1.65. The summed E-state index contributed by atoms with van der Waals surface area (Å²) in [6.45, 7) is 0.819. The van der Waals surface area contributed by atoms with Crippen LogP contribution in [0.3, 0.4) is 0 Å². The molecule has 150 valence electrons. The first-order valence-electron chi connectivity index (χ1n) is 9.11. The van der Waals surface area contributed by atoms with Crippen molar-refractivity contribution in [2.45, 2.75) is 24.9 Å². The van der Waals surface area contributed by atoms with Gasteiger partial charge < -0.3 is 4.90 Å². The Labute approximate surface area is 169 Å². The summed E-state index contributed by atoms with van der Waals surface area (Å²) in [5.41, 5.74) is -0.243. The van der Waals surface area contributed by atoms with Gasteiger partial charge in [-0.25, -0.2) is 9.97 Å². The van der Waals surface area contributed by atoms with Crippen LogP contribution in [0.2, 0.25) is 0 Å². The van der Waals surface area contributed by atoms with E-state index in [0.29, 0.717) is 29.8 Å². The van der Waals surface area contributed by atoms with Crippen LogP contribution < -0.4 is 0 Å². The van der Waals surface area contributed by atoms with Gasteiger partial charge >= 0.3 is 6.18 Å². The predicted molar refractivity (Wildman–Crippen MR) is 102 cm³/mol. The number of pyridine rings is 1. The normalized spacial score (nSPS) is 17.3. The van der Waals surface area contributed by atoms with Gasteiger partial charge in [-0.2, -0.15) is 13.2 Å². The van der Waals surface area contributed by atoms with E-state index < -0.39 is 11.9 Å². The zero-order valence-corrected chi connectivity index (χ0v) is 16.1. The van der Waals surface area contributed by atoms with Gasteiger partial charge in [0.15, 0.2) is 0 Å². The molecular weight excluding hydrogens is 401 g/mol. The number of piperidine rings is 1. The highest BCUT2D eigenvalue weighted by Crippen LogP contribution is 2.34. The number of carbonyl (C=O) groups is 1. The topological polar surface area (TPSA) is 59.0 Å². The maximum absolute atomic E-state index is 13.4. The van der Waals surface area contributed by atoms with Crippen LogP contribution in [-0.4, -0.2) is 38.8 Å². The molecule has 0 aromatic carbocycles. The van der Waals surface area contributed by atoms with Gasteiger partial charge in [0.25, 0.3) is 5.91 Å². The number of amides is 1.